The van der Waals surface area contributed by atoms with Crippen LogP contribution in [0.3, 0.4) is 0 Å². The summed E-state index contributed by atoms with van der Waals surface area (Å²) in [5.41, 5.74) is 20.7. The number of thiophene rings is 1. The van der Waals surface area contributed by atoms with E-state index in [2.05, 4.69) is 328 Å². The number of hydrogen-bond acceptors (Lipinski definition) is 10. The number of fused-ring (bicyclic) bond motifs is 16. The lowest BCUT2D eigenvalue weighted by Crippen LogP contribution is -2.01. The average molecular weight is 1500 g/mol. The van der Waals surface area contributed by atoms with Gasteiger partial charge in [-0.2, -0.15) is 0 Å². The van der Waals surface area contributed by atoms with Crippen LogP contribution in [0, 0.1) is 0 Å². The second-order valence-corrected chi connectivity index (χ2v) is 31.1. The van der Waals surface area contributed by atoms with E-state index in [1.165, 1.54) is 30.9 Å². The van der Waals surface area contributed by atoms with E-state index in [4.69, 9.17) is 43.2 Å². The maximum atomic E-state index is 6.68. The minimum absolute atomic E-state index is 0.536. The summed E-state index contributed by atoms with van der Waals surface area (Å²) in [7, 11) is 0. The molecule has 0 spiro atoms. The van der Waals surface area contributed by atoms with Crippen molar-refractivity contribution < 1.29 is 13.3 Å². The van der Waals surface area contributed by atoms with Crippen LogP contribution in [-0.4, -0.2) is 29.9 Å². The topological polar surface area (TPSA) is 117 Å². The van der Waals surface area contributed by atoms with Gasteiger partial charge in [0.1, 0.15) is 33.5 Å². The number of benzene rings is 18. The highest BCUT2D eigenvalue weighted by atomic mass is 32.1. The Hall–Kier alpha value is -15.4. The average Bonchev–Trinajstić information content (AvgIpc) is 1.56. The lowest BCUT2D eigenvalue weighted by atomic mass is 9.93. The molecule has 0 radical (unpaired) electrons. The molecule has 18 aromatic carbocycles. The molecule has 0 aliphatic carbocycles. The van der Waals surface area contributed by atoms with Gasteiger partial charge in [0.2, 0.25) is 0 Å². The van der Waals surface area contributed by atoms with Gasteiger partial charge in [-0.1, -0.05) is 267 Å². The highest BCUT2D eigenvalue weighted by Crippen LogP contribution is 2.47. The van der Waals surface area contributed by atoms with Gasteiger partial charge in [0.05, 0.1) is 0 Å². The van der Waals surface area contributed by atoms with Crippen LogP contribution >= 0.6 is 11.3 Å². The Kier molecular flexibility index (Phi) is 14.7. The highest BCUT2D eigenvalue weighted by Gasteiger charge is 2.26. The Balaban J connectivity index is 0.574. The Labute approximate surface area is 667 Å². The molecular weight excluding hydrogens is 1440 g/mol. The molecule has 0 bridgehead atoms. The van der Waals surface area contributed by atoms with Gasteiger partial charge in [0, 0.05) is 91.4 Å². The molecule has 538 valence electrons. The minimum atomic E-state index is 0.536. The predicted molar refractivity (Wildman–Crippen MR) is 478 cm³/mol. The number of aromatic nitrogens is 6. The number of rotatable bonds is 11. The van der Waals surface area contributed by atoms with E-state index in [0.717, 1.165) is 187 Å². The lowest BCUT2D eigenvalue weighted by Gasteiger charge is -2.14. The van der Waals surface area contributed by atoms with Crippen molar-refractivity contribution in [3.63, 3.8) is 0 Å². The second kappa shape index (κ2) is 26.1. The molecule has 0 aliphatic rings. The van der Waals surface area contributed by atoms with Crippen LogP contribution in [0.25, 0.3) is 253 Å². The molecule has 0 atom stereocenters. The molecular formula is C106H60N6O3S. The monoisotopic (exact) mass is 1500 g/mol. The van der Waals surface area contributed by atoms with E-state index < -0.39 is 0 Å². The number of furan rings is 3. The molecule has 116 heavy (non-hydrogen) atoms. The summed E-state index contributed by atoms with van der Waals surface area (Å²) >= 11 is 1.82. The molecule has 6 heterocycles. The summed E-state index contributed by atoms with van der Waals surface area (Å²) in [6.45, 7) is 0. The van der Waals surface area contributed by atoms with Crippen molar-refractivity contribution in [2.24, 2.45) is 0 Å². The van der Waals surface area contributed by atoms with Crippen molar-refractivity contribution in [3.8, 4) is 124 Å². The van der Waals surface area contributed by atoms with Crippen LogP contribution in [0.4, 0.5) is 0 Å². The van der Waals surface area contributed by atoms with Crippen molar-refractivity contribution in [2.75, 3.05) is 0 Å². The van der Waals surface area contributed by atoms with E-state index in [0.29, 0.717) is 34.9 Å². The van der Waals surface area contributed by atoms with Gasteiger partial charge < -0.3 is 13.3 Å². The van der Waals surface area contributed by atoms with Gasteiger partial charge in [0.15, 0.2) is 34.9 Å². The fourth-order valence-electron chi connectivity index (χ4n) is 17.3. The van der Waals surface area contributed by atoms with Crippen molar-refractivity contribution in [1.29, 1.82) is 0 Å². The molecule has 0 aliphatic heterocycles. The molecule has 0 unspecified atom stereocenters. The van der Waals surface area contributed by atoms with Crippen LogP contribution in [0.5, 0.6) is 0 Å². The zero-order valence-electron chi connectivity index (χ0n) is 62.0. The Bertz CT molecular complexity index is 8240. The largest absolute Gasteiger partial charge is 0.456 e. The Morgan fingerprint density at radius 3 is 1.23 bits per heavy atom. The molecule has 0 fully saturated rings. The third-order valence-electron chi connectivity index (χ3n) is 23.2. The quantitative estimate of drug-likeness (QED) is 0.125. The van der Waals surface area contributed by atoms with Gasteiger partial charge in [-0.3, -0.25) is 0 Å². The van der Waals surface area contributed by atoms with E-state index in [-0.39, 0.29) is 0 Å². The first-order chi connectivity index (χ1) is 57.4. The Morgan fingerprint density at radius 2 is 0.569 bits per heavy atom. The van der Waals surface area contributed by atoms with Gasteiger partial charge in [-0.05, 0) is 190 Å². The van der Waals surface area contributed by atoms with Crippen molar-refractivity contribution in [3.05, 3.63) is 364 Å². The zero-order valence-corrected chi connectivity index (χ0v) is 62.8. The summed E-state index contributed by atoms with van der Waals surface area (Å²) in [5.74, 6) is 3.36. The molecule has 9 nitrogen and oxygen atoms in total. The first-order valence-corrected chi connectivity index (χ1v) is 39.7. The summed E-state index contributed by atoms with van der Waals surface area (Å²) in [4.78, 5) is 32.5. The van der Waals surface area contributed by atoms with Crippen LogP contribution in [0.15, 0.2) is 377 Å². The molecule has 0 amide bonds. The van der Waals surface area contributed by atoms with E-state index in [1.807, 2.05) is 47.7 Å². The molecule has 6 aromatic heterocycles. The third-order valence-corrected chi connectivity index (χ3v) is 24.3. The van der Waals surface area contributed by atoms with Crippen LogP contribution in [-0.2, 0) is 0 Å². The molecule has 24 aromatic rings. The standard InChI is InChI=1S/C106H60N6O3S/c1-3-15-68-53-70(39-31-61(68)13-1)63-27-35-66(36-28-63)101-107-103(110-105(109-101)87-22-12-25-93-97(87)89-60-77(47-50-92(89)114-93)82-20-11-21-85-83-17-5-8-23-90(83)115-100(82)85)79-46-34-65-32-40-75(57-80(65)58-79)74-44-43-72-54-71(41-42-73(72)55-74)64-29-37-67(38-30-64)102-108-104(78-45-33-62-14-2-4-16-69(62)56-78)112-106(111-102)99-81(49-51-94-98(99)86-19-6-9-24-91(86)113-94)76-48-52-96-88(59-76)84-18-7-10-26-95(84)116-96/h1-60H. The smallest absolute Gasteiger partial charge is 0.165 e. The maximum Gasteiger partial charge on any atom is 0.165 e. The molecule has 24 rings (SSSR count). The van der Waals surface area contributed by atoms with Gasteiger partial charge in [0.25, 0.3) is 0 Å². The van der Waals surface area contributed by atoms with E-state index in [9.17, 15) is 0 Å². The minimum Gasteiger partial charge on any atom is -0.456 e. The number of nitrogens with zero attached hydrogens (tertiary/aromatic N) is 6. The number of para-hydroxylation sites is 3. The van der Waals surface area contributed by atoms with Crippen molar-refractivity contribution in [2.45, 2.75) is 0 Å². The first kappa shape index (κ1) is 65.4. The zero-order chi connectivity index (χ0) is 76.1. The maximum absolute atomic E-state index is 6.68. The van der Waals surface area contributed by atoms with E-state index >= 15 is 0 Å². The van der Waals surface area contributed by atoms with Crippen LogP contribution in [0.1, 0.15) is 0 Å². The number of hydrogen-bond donors (Lipinski definition) is 0. The van der Waals surface area contributed by atoms with E-state index in [1.54, 1.807) is 0 Å². The molecule has 0 N–H and O–H groups in total. The van der Waals surface area contributed by atoms with Gasteiger partial charge in [-0.25, -0.2) is 29.9 Å². The van der Waals surface area contributed by atoms with Crippen molar-refractivity contribution in [1.82, 2.24) is 29.9 Å². The van der Waals surface area contributed by atoms with Gasteiger partial charge in [-0.15, -0.1) is 11.3 Å². The van der Waals surface area contributed by atoms with Crippen LogP contribution < -0.4 is 0 Å². The fraction of sp³-hybridized carbons (Fsp3) is 0. The van der Waals surface area contributed by atoms with Gasteiger partial charge >= 0.3 is 0 Å². The SMILES string of the molecule is c1ccc2cc(-c3ccc(-c4nc(-c5ccc6ccc(-c7ccc8cc(-c9ccc(-c%10nc(-c%11ccc%12ccccc%12c%11)nc(-c%11c(-c%12ccc%13sc%14ccccc%14c%13c%12)ccc%12oc%13ccccc%13c%11%12)n%10)cc9)ccc8c7)cc6c5)nc(-c5cccc6oc7ccc(-c8cccc9c8oc8ccccc89)cc7c56)n4)cc3)ccc2c1. The van der Waals surface area contributed by atoms with Crippen molar-refractivity contribution >= 4 is 140 Å². The summed E-state index contributed by atoms with van der Waals surface area (Å²) in [6, 6.07) is 129. The fourth-order valence-corrected chi connectivity index (χ4v) is 18.4. The second-order valence-electron chi connectivity index (χ2n) is 30.0. The molecule has 0 saturated carbocycles. The molecule has 10 heteroatoms. The first-order valence-electron chi connectivity index (χ1n) is 38.9. The summed E-state index contributed by atoms with van der Waals surface area (Å²) in [5, 5.41) is 17.5. The lowest BCUT2D eigenvalue weighted by molar-refractivity contribution is 0.668. The molecule has 0 saturated heterocycles. The van der Waals surface area contributed by atoms with Crippen LogP contribution in [0.2, 0.25) is 0 Å². The summed E-state index contributed by atoms with van der Waals surface area (Å²) in [6.07, 6.45) is 0. The normalized spacial score (nSPS) is 12.0. The predicted octanol–water partition coefficient (Wildman–Crippen LogP) is 29.1. The summed E-state index contributed by atoms with van der Waals surface area (Å²) < 4.78 is 22.4. The third kappa shape index (κ3) is 11.0. The Morgan fingerprint density at radius 1 is 0.181 bits per heavy atom. The highest BCUT2D eigenvalue weighted by molar-refractivity contribution is 7.25.